The van der Waals surface area contributed by atoms with Crippen molar-refractivity contribution in [3.8, 4) is 11.5 Å². The van der Waals surface area contributed by atoms with E-state index in [-0.39, 0.29) is 23.5 Å². The molecule has 1 aliphatic rings. The predicted molar refractivity (Wildman–Crippen MR) is 135 cm³/mol. The van der Waals surface area contributed by atoms with E-state index in [4.69, 9.17) is 9.40 Å². The van der Waals surface area contributed by atoms with E-state index < -0.39 is 9.84 Å². The van der Waals surface area contributed by atoms with Gasteiger partial charge in [-0.2, -0.15) is 5.10 Å². The number of aromatic nitrogens is 3. The Morgan fingerprint density at radius 2 is 2.03 bits per heavy atom. The number of sulfone groups is 1. The molecule has 8 nitrogen and oxygen atoms in total. The SMILES string of the molecule is CCCCc1ccc(NC(=O)c2cc(-c3ccco3)nc3c2c(C)nn3[C@H]2CCS(=O)(=O)C2)cc1. The van der Waals surface area contributed by atoms with Crippen molar-refractivity contribution in [3.05, 3.63) is 65.5 Å². The van der Waals surface area contributed by atoms with Gasteiger partial charge in [-0.3, -0.25) is 4.79 Å². The molecule has 182 valence electrons. The van der Waals surface area contributed by atoms with Crippen molar-refractivity contribution in [2.45, 2.75) is 45.6 Å². The minimum absolute atomic E-state index is 0.0157. The first kappa shape index (κ1) is 23.3. The first-order valence-corrected chi connectivity index (χ1v) is 13.7. The summed E-state index contributed by atoms with van der Waals surface area (Å²) in [6.45, 7) is 3.98. The van der Waals surface area contributed by atoms with Crippen LogP contribution in [0.5, 0.6) is 0 Å². The highest BCUT2D eigenvalue weighted by atomic mass is 32.2. The molecule has 0 unspecified atom stereocenters. The molecule has 0 saturated carbocycles. The molecule has 0 radical (unpaired) electrons. The smallest absolute Gasteiger partial charge is 0.256 e. The van der Waals surface area contributed by atoms with Crippen LogP contribution in [-0.2, 0) is 16.3 Å². The third-order valence-corrected chi connectivity index (χ3v) is 8.19. The predicted octanol–water partition coefficient (Wildman–Crippen LogP) is 4.95. The molecule has 1 N–H and O–H groups in total. The highest BCUT2D eigenvalue weighted by Gasteiger charge is 2.32. The zero-order chi connectivity index (χ0) is 24.6. The normalized spacial score (nSPS) is 17.1. The summed E-state index contributed by atoms with van der Waals surface area (Å²) in [5.74, 6) is 0.373. The van der Waals surface area contributed by atoms with Crippen molar-refractivity contribution in [1.29, 1.82) is 0 Å². The van der Waals surface area contributed by atoms with Crippen LogP contribution in [0, 0.1) is 6.92 Å². The van der Waals surface area contributed by atoms with Crippen LogP contribution in [0.3, 0.4) is 0 Å². The van der Waals surface area contributed by atoms with E-state index >= 15 is 0 Å². The maximum Gasteiger partial charge on any atom is 0.256 e. The monoisotopic (exact) mass is 492 g/mol. The second-order valence-electron chi connectivity index (χ2n) is 9.07. The first-order chi connectivity index (χ1) is 16.8. The van der Waals surface area contributed by atoms with E-state index in [1.165, 1.54) is 5.56 Å². The van der Waals surface area contributed by atoms with Gasteiger partial charge in [0, 0.05) is 5.69 Å². The maximum absolute atomic E-state index is 13.5. The number of hydrogen-bond acceptors (Lipinski definition) is 6. The van der Waals surface area contributed by atoms with E-state index in [0.717, 1.165) is 19.3 Å². The molecule has 4 aromatic rings. The highest BCUT2D eigenvalue weighted by Crippen LogP contribution is 2.32. The Labute approximate surface area is 204 Å². The lowest BCUT2D eigenvalue weighted by molar-refractivity contribution is 0.102. The lowest BCUT2D eigenvalue weighted by atomic mass is 10.1. The number of furan rings is 1. The Balaban J connectivity index is 1.55. The van der Waals surface area contributed by atoms with Gasteiger partial charge in [-0.25, -0.2) is 18.1 Å². The quantitative estimate of drug-likeness (QED) is 0.391. The second kappa shape index (κ2) is 9.30. The molecule has 1 aromatic carbocycles. The van der Waals surface area contributed by atoms with Crippen LogP contribution in [0.4, 0.5) is 5.69 Å². The molecule has 0 bridgehead atoms. The number of pyridine rings is 1. The van der Waals surface area contributed by atoms with Gasteiger partial charge in [0.1, 0.15) is 5.69 Å². The molecule has 5 rings (SSSR count). The number of carbonyl (C=O) groups excluding carboxylic acids is 1. The van der Waals surface area contributed by atoms with Crippen LogP contribution >= 0.6 is 0 Å². The van der Waals surface area contributed by atoms with Gasteiger partial charge >= 0.3 is 0 Å². The van der Waals surface area contributed by atoms with Crippen LogP contribution in [-0.4, -0.2) is 40.6 Å². The van der Waals surface area contributed by atoms with Crippen LogP contribution in [0.2, 0.25) is 0 Å². The minimum Gasteiger partial charge on any atom is -0.463 e. The van der Waals surface area contributed by atoms with E-state index in [9.17, 15) is 13.2 Å². The number of amides is 1. The van der Waals surface area contributed by atoms with Crippen LogP contribution in [0.1, 0.15) is 53.8 Å². The van der Waals surface area contributed by atoms with Crippen molar-refractivity contribution < 1.29 is 17.6 Å². The number of aryl methyl sites for hydroxylation is 2. The molecule has 3 aromatic heterocycles. The van der Waals surface area contributed by atoms with Gasteiger partial charge in [0.05, 0.1) is 40.5 Å². The Morgan fingerprint density at radius 3 is 2.69 bits per heavy atom. The summed E-state index contributed by atoms with van der Waals surface area (Å²) in [5.41, 5.74) is 3.96. The first-order valence-electron chi connectivity index (χ1n) is 11.9. The fraction of sp³-hybridized carbons (Fsp3) is 0.346. The Morgan fingerprint density at radius 1 is 1.23 bits per heavy atom. The highest BCUT2D eigenvalue weighted by molar-refractivity contribution is 7.91. The van der Waals surface area contributed by atoms with E-state index in [1.54, 1.807) is 29.1 Å². The fourth-order valence-electron chi connectivity index (χ4n) is 4.60. The second-order valence-corrected chi connectivity index (χ2v) is 11.3. The molecular formula is C26H28N4O4S. The third kappa shape index (κ3) is 4.73. The van der Waals surface area contributed by atoms with Crippen molar-refractivity contribution in [3.63, 3.8) is 0 Å². The van der Waals surface area contributed by atoms with Gasteiger partial charge in [0.15, 0.2) is 21.2 Å². The van der Waals surface area contributed by atoms with E-state index in [2.05, 4.69) is 17.3 Å². The van der Waals surface area contributed by atoms with Gasteiger partial charge in [-0.15, -0.1) is 0 Å². The summed E-state index contributed by atoms with van der Waals surface area (Å²) in [6.07, 6.45) is 5.29. The molecule has 35 heavy (non-hydrogen) atoms. The Kier molecular flexibility index (Phi) is 6.19. The average molecular weight is 493 g/mol. The zero-order valence-electron chi connectivity index (χ0n) is 19.8. The third-order valence-electron chi connectivity index (χ3n) is 6.44. The molecule has 1 amide bonds. The Bertz CT molecular complexity index is 1470. The average Bonchev–Trinajstić information content (AvgIpc) is 3.57. The summed E-state index contributed by atoms with van der Waals surface area (Å²) in [5, 5.41) is 8.24. The largest absolute Gasteiger partial charge is 0.463 e. The fourth-order valence-corrected chi connectivity index (χ4v) is 6.29. The summed E-state index contributed by atoms with van der Waals surface area (Å²) >= 11 is 0. The Hall–Kier alpha value is -3.46. The molecule has 9 heteroatoms. The van der Waals surface area contributed by atoms with Gasteiger partial charge in [0.2, 0.25) is 0 Å². The molecular weight excluding hydrogens is 464 g/mol. The molecule has 0 spiro atoms. The number of benzene rings is 1. The summed E-state index contributed by atoms with van der Waals surface area (Å²) in [4.78, 5) is 18.2. The van der Waals surface area contributed by atoms with Crippen molar-refractivity contribution >= 4 is 32.5 Å². The number of rotatable bonds is 7. The van der Waals surface area contributed by atoms with Gasteiger partial charge < -0.3 is 9.73 Å². The molecule has 0 aliphatic carbocycles. The minimum atomic E-state index is -3.12. The van der Waals surface area contributed by atoms with Crippen molar-refractivity contribution in [1.82, 2.24) is 14.8 Å². The number of hydrogen-bond donors (Lipinski definition) is 1. The van der Waals surface area contributed by atoms with Crippen molar-refractivity contribution in [2.75, 3.05) is 16.8 Å². The van der Waals surface area contributed by atoms with E-state index in [0.29, 0.717) is 45.9 Å². The summed E-state index contributed by atoms with van der Waals surface area (Å²) < 4.78 is 31.5. The molecule has 1 saturated heterocycles. The lowest BCUT2D eigenvalue weighted by Gasteiger charge is -2.12. The van der Waals surface area contributed by atoms with E-state index in [1.807, 2.05) is 31.2 Å². The maximum atomic E-state index is 13.5. The standard InChI is InChI=1S/C26H28N4O4S/c1-3-4-6-18-8-10-19(11-9-18)27-26(31)21-15-22(23-7-5-13-34-23)28-25-24(21)17(2)29-30(25)20-12-14-35(32,33)16-20/h5,7-11,13,15,20H,3-4,6,12,14,16H2,1-2H3,(H,27,31)/t20-/m0/s1. The molecule has 1 atom stereocenters. The number of nitrogens with one attached hydrogen (secondary N) is 1. The number of anilines is 1. The lowest BCUT2D eigenvalue weighted by Crippen LogP contribution is -2.15. The number of nitrogens with zero attached hydrogens (tertiary/aromatic N) is 3. The molecule has 1 aliphatic heterocycles. The van der Waals surface area contributed by atoms with Crippen LogP contribution in [0.15, 0.2) is 53.1 Å². The molecule has 1 fully saturated rings. The van der Waals surface area contributed by atoms with Crippen LogP contribution in [0.25, 0.3) is 22.5 Å². The zero-order valence-corrected chi connectivity index (χ0v) is 20.6. The molecule has 4 heterocycles. The summed E-state index contributed by atoms with van der Waals surface area (Å²) in [7, 11) is -3.12. The number of carbonyl (C=O) groups is 1. The van der Waals surface area contributed by atoms with Crippen molar-refractivity contribution in [2.24, 2.45) is 0 Å². The van der Waals surface area contributed by atoms with Gasteiger partial charge in [-0.1, -0.05) is 25.5 Å². The van der Waals surface area contributed by atoms with Gasteiger partial charge in [0.25, 0.3) is 5.91 Å². The van der Waals surface area contributed by atoms with Gasteiger partial charge in [-0.05, 0) is 62.1 Å². The number of fused-ring (bicyclic) bond motifs is 1. The van der Waals surface area contributed by atoms with Crippen LogP contribution < -0.4 is 5.32 Å². The summed E-state index contributed by atoms with van der Waals surface area (Å²) in [6, 6.07) is 12.8. The topological polar surface area (TPSA) is 107 Å². The number of unbranched alkanes of at least 4 members (excludes halogenated alkanes) is 1.